The largest absolute Gasteiger partial charge is 0.550 e. The molecule has 0 radical (unpaired) electrons. The summed E-state index contributed by atoms with van der Waals surface area (Å²) in [6.07, 6.45) is 3.62. The van der Waals surface area contributed by atoms with Crippen LogP contribution in [0.4, 0.5) is 0 Å². The third-order valence-electron chi connectivity index (χ3n) is 3.98. The van der Waals surface area contributed by atoms with Crippen molar-refractivity contribution in [3.63, 3.8) is 0 Å². The zero-order chi connectivity index (χ0) is 14.6. The summed E-state index contributed by atoms with van der Waals surface area (Å²) in [5.41, 5.74) is 1.07. The lowest BCUT2D eigenvalue weighted by Gasteiger charge is -2.38. The average Bonchev–Trinajstić information content (AvgIpc) is 2.42. The average molecular weight is 352 g/mol. The number of carboxylic acids is 1. The number of hydrogen-bond donors (Lipinski definition) is 1. The van der Waals surface area contributed by atoms with Crippen LogP contribution in [0.25, 0.3) is 0 Å². The van der Waals surface area contributed by atoms with Crippen molar-refractivity contribution in [1.82, 2.24) is 5.32 Å². The summed E-state index contributed by atoms with van der Waals surface area (Å²) in [5.74, 6) is -0.982. The fraction of sp³-hybridized carbons (Fsp3) is 0.533. The second kappa shape index (κ2) is 8.23. The van der Waals surface area contributed by atoms with E-state index in [1.165, 1.54) is 0 Å². The number of benzene rings is 1. The minimum atomic E-state index is -0.982. The molecule has 0 amide bonds. The number of rotatable bonds is 5. The van der Waals surface area contributed by atoms with Gasteiger partial charge in [0.15, 0.2) is 0 Å². The minimum Gasteiger partial charge on any atom is -0.550 e. The second-order valence-electron chi connectivity index (χ2n) is 5.58. The number of carbonyl (C=O) groups is 1. The number of aliphatic carboxylic acids is 1. The van der Waals surface area contributed by atoms with Gasteiger partial charge in [0, 0.05) is 12.5 Å². The van der Waals surface area contributed by atoms with Gasteiger partial charge >= 0.3 is 0 Å². The zero-order valence-electron chi connectivity index (χ0n) is 11.7. The molecule has 0 spiro atoms. The molecule has 2 rings (SSSR count). The van der Waals surface area contributed by atoms with Crippen LogP contribution in [0.5, 0.6) is 0 Å². The van der Waals surface area contributed by atoms with Gasteiger partial charge in [0.05, 0.1) is 10.0 Å². The van der Waals surface area contributed by atoms with Crippen molar-refractivity contribution < 1.29 is 9.90 Å². The van der Waals surface area contributed by atoms with Crippen molar-refractivity contribution in [3.8, 4) is 0 Å². The van der Waals surface area contributed by atoms with Crippen molar-refractivity contribution in [3.05, 3.63) is 33.8 Å². The molecule has 0 aromatic heterocycles. The lowest BCUT2D eigenvalue weighted by atomic mass is 9.72. The third kappa shape index (κ3) is 5.33. The van der Waals surface area contributed by atoms with Gasteiger partial charge in [-0.3, -0.25) is 0 Å². The molecule has 1 heterocycles. The Morgan fingerprint density at radius 3 is 2.67 bits per heavy atom. The Balaban J connectivity index is 0.00000220. The molecular weight excluding hydrogens is 333 g/mol. The van der Waals surface area contributed by atoms with Crippen LogP contribution in [0.3, 0.4) is 0 Å². The molecule has 118 valence electrons. The molecule has 1 aliphatic heterocycles. The maximum atomic E-state index is 10.8. The topological polar surface area (TPSA) is 52.2 Å². The molecule has 6 heteroatoms. The predicted molar refractivity (Wildman–Crippen MR) is 86.2 cm³/mol. The van der Waals surface area contributed by atoms with E-state index >= 15 is 0 Å². The Labute approximate surface area is 141 Å². The summed E-state index contributed by atoms with van der Waals surface area (Å²) < 4.78 is 0. The number of halogens is 3. The monoisotopic (exact) mass is 350 g/mol. The van der Waals surface area contributed by atoms with Crippen molar-refractivity contribution in [2.45, 2.75) is 32.1 Å². The molecular formula is C15H19Cl3NO2-. The van der Waals surface area contributed by atoms with E-state index in [1.54, 1.807) is 6.07 Å². The third-order valence-corrected chi connectivity index (χ3v) is 4.72. The molecule has 1 unspecified atom stereocenters. The Morgan fingerprint density at radius 2 is 2.10 bits per heavy atom. The highest BCUT2D eigenvalue weighted by atomic mass is 35.5. The highest BCUT2D eigenvalue weighted by Gasteiger charge is 2.31. The molecule has 21 heavy (non-hydrogen) atoms. The lowest BCUT2D eigenvalue weighted by Crippen LogP contribution is -2.42. The zero-order valence-corrected chi connectivity index (χ0v) is 14.0. The van der Waals surface area contributed by atoms with Crippen LogP contribution in [0.2, 0.25) is 10.0 Å². The maximum absolute atomic E-state index is 10.8. The highest BCUT2D eigenvalue weighted by Crippen LogP contribution is 2.36. The van der Waals surface area contributed by atoms with Gasteiger partial charge in [-0.2, -0.15) is 0 Å². The van der Waals surface area contributed by atoms with Crippen molar-refractivity contribution in [1.29, 1.82) is 0 Å². The first-order valence-corrected chi connectivity index (χ1v) is 7.61. The molecule has 1 aromatic rings. The van der Waals surface area contributed by atoms with Crippen LogP contribution in [-0.4, -0.2) is 19.1 Å². The van der Waals surface area contributed by atoms with Gasteiger partial charge in [-0.25, -0.2) is 0 Å². The first kappa shape index (κ1) is 18.6. The Bertz CT molecular complexity index is 488. The summed E-state index contributed by atoms with van der Waals surface area (Å²) in [7, 11) is 0. The molecule has 0 bridgehead atoms. The number of nitrogens with one attached hydrogen (secondary N) is 1. The van der Waals surface area contributed by atoms with E-state index in [0.717, 1.165) is 37.9 Å². The van der Waals surface area contributed by atoms with E-state index in [0.29, 0.717) is 16.5 Å². The predicted octanol–water partition coefficient (Wildman–Crippen LogP) is 2.86. The first-order chi connectivity index (χ1) is 9.51. The minimum absolute atomic E-state index is 0. The number of carbonyl (C=O) groups excluding carboxylic acids is 1. The van der Waals surface area contributed by atoms with E-state index in [4.69, 9.17) is 23.2 Å². The van der Waals surface area contributed by atoms with Crippen LogP contribution in [-0.2, 0) is 11.2 Å². The molecule has 1 atom stereocenters. The number of carboxylic acid groups (broad SMARTS) is 1. The number of hydrogen-bond acceptors (Lipinski definition) is 3. The Morgan fingerprint density at radius 1 is 1.33 bits per heavy atom. The Hall–Kier alpha value is -0.480. The van der Waals surface area contributed by atoms with E-state index in [2.05, 4.69) is 5.32 Å². The second-order valence-corrected chi connectivity index (χ2v) is 6.39. The smallest absolute Gasteiger partial charge is 0.0595 e. The summed E-state index contributed by atoms with van der Waals surface area (Å²) in [6, 6.07) is 5.63. The van der Waals surface area contributed by atoms with E-state index in [-0.39, 0.29) is 24.2 Å². The molecule has 1 N–H and O–H groups in total. The summed E-state index contributed by atoms with van der Waals surface area (Å²) in [6.45, 7) is 1.83. The normalized spacial score (nSPS) is 21.6. The van der Waals surface area contributed by atoms with Crippen LogP contribution in [0, 0.1) is 5.41 Å². The molecule has 1 fully saturated rings. The van der Waals surface area contributed by atoms with Gasteiger partial charge in [-0.1, -0.05) is 29.3 Å². The molecule has 0 saturated carbocycles. The van der Waals surface area contributed by atoms with Crippen molar-refractivity contribution in [2.24, 2.45) is 5.41 Å². The maximum Gasteiger partial charge on any atom is 0.0595 e. The fourth-order valence-electron chi connectivity index (χ4n) is 2.93. The van der Waals surface area contributed by atoms with Gasteiger partial charge in [0.2, 0.25) is 0 Å². The Kier molecular flexibility index (Phi) is 7.28. The fourth-order valence-corrected chi connectivity index (χ4v) is 3.25. The highest BCUT2D eigenvalue weighted by molar-refractivity contribution is 6.42. The standard InChI is InChI=1S/C15H19Cl2NO2.ClH/c16-12-3-2-11(8-13(12)17)9-15(6-4-14(19)20)5-1-7-18-10-15;/h2-3,8,18H,1,4-7,9-10H2,(H,19,20);1H/p-1. The lowest BCUT2D eigenvalue weighted by molar-refractivity contribution is -0.306. The molecule has 3 nitrogen and oxygen atoms in total. The quantitative estimate of drug-likeness (QED) is 0.887. The molecule has 1 saturated heterocycles. The van der Waals surface area contributed by atoms with Gasteiger partial charge in [-0.05, 0) is 61.8 Å². The van der Waals surface area contributed by atoms with Crippen LogP contribution >= 0.6 is 35.6 Å². The summed E-state index contributed by atoms with van der Waals surface area (Å²) in [4.78, 5) is 10.8. The van der Waals surface area contributed by atoms with Crippen LogP contribution < -0.4 is 10.4 Å². The van der Waals surface area contributed by atoms with Crippen molar-refractivity contribution >= 4 is 41.6 Å². The van der Waals surface area contributed by atoms with Crippen LogP contribution in [0.1, 0.15) is 31.2 Å². The first-order valence-electron chi connectivity index (χ1n) is 6.85. The van der Waals surface area contributed by atoms with E-state index in [9.17, 15) is 9.90 Å². The number of piperidine rings is 1. The van der Waals surface area contributed by atoms with E-state index < -0.39 is 5.97 Å². The van der Waals surface area contributed by atoms with Crippen LogP contribution in [0.15, 0.2) is 18.2 Å². The van der Waals surface area contributed by atoms with Crippen molar-refractivity contribution in [2.75, 3.05) is 13.1 Å². The molecule has 1 aliphatic rings. The van der Waals surface area contributed by atoms with Gasteiger partial charge < -0.3 is 15.2 Å². The molecule has 0 aliphatic carbocycles. The van der Waals surface area contributed by atoms with Gasteiger partial charge in [0.1, 0.15) is 0 Å². The molecule has 1 aromatic carbocycles. The van der Waals surface area contributed by atoms with Gasteiger partial charge in [-0.15, -0.1) is 12.4 Å². The van der Waals surface area contributed by atoms with E-state index in [1.807, 2.05) is 12.1 Å². The van der Waals surface area contributed by atoms with Gasteiger partial charge in [0.25, 0.3) is 0 Å². The summed E-state index contributed by atoms with van der Waals surface area (Å²) >= 11 is 12.0. The summed E-state index contributed by atoms with van der Waals surface area (Å²) in [5, 5.41) is 15.2. The SMILES string of the molecule is Cl.O=C([O-])CCC1(Cc2ccc(Cl)c(Cl)c2)CCCNC1.